The minimum atomic E-state index is -4.68. The molecular formula is C32H37ClF3N3O2. The van der Waals surface area contributed by atoms with Crippen molar-refractivity contribution in [2.45, 2.75) is 83.4 Å². The average Bonchev–Trinajstić information content (AvgIpc) is 3.36. The van der Waals surface area contributed by atoms with Crippen molar-refractivity contribution in [1.82, 2.24) is 15.1 Å². The second-order valence-corrected chi connectivity index (χ2v) is 12.5. The van der Waals surface area contributed by atoms with Gasteiger partial charge >= 0.3 is 6.18 Å². The summed E-state index contributed by atoms with van der Waals surface area (Å²) in [7, 11) is 0. The summed E-state index contributed by atoms with van der Waals surface area (Å²) in [4.78, 5) is 13.0. The van der Waals surface area contributed by atoms with Crippen LogP contribution in [0, 0.1) is 11.8 Å². The van der Waals surface area contributed by atoms with Gasteiger partial charge in [0.2, 0.25) is 5.88 Å². The smallest absolute Gasteiger partial charge is 0.435 e. The lowest BCUT2D eigenvalue weighted by molar-refractivity contribution is -0.141. The van der Waals surface area contributed by atoms with Crippen molar-refractivity contribution in [3.63, 3.8) is 0 Å². The Labute approximate surface area is 244 Å². The fourth-order valence-corrected chi connectivity index (χ4v) is 7.24. The van der Waals surface area contributed by atoms with Gasteiger partial charge in [-0.3, -0.25) is 4.79 Å². The number of ether oxygens (including phenoxy) is 1. The molecule has 3 aromatic rings. The van der Waals surface area contributed by atoms with Crippen LogP contribution in [0.1, 0.15) is 81.7 Å². The van der Waals surface area contributed by atoms with E-state index in [4.69, 9.17) is 16.3 Å². The van der Waals surface area contributed by atoms with Gasteiger partial charge < -0.3 is 10.1 Å². The number of nitrogens with one attached hydrogen (secondary N) is 1. The van der Waals surface area contributed by atoms with E-state index in [-0.39, 0.29) is 34.0 Å². The Morgan fingerprint density at radius 3 is 2.63 bits per heavy atom. The molecule has 1 amide bonds. The second-order valence-electron chi connectivity index (χ2n) is 12.1. The number of para-hydroxylation sites is 1. The Bertz CT molecular complexity index is 1420. The summed E-state index contributed by atoms with van der Waals surface area (Å²) in [6.07, 6.45) is 0.657. The van der Waals surface area contributed by atoms with E-state index in [0.29, 0.717) is 17.8 Å². The summed E-state index contributed by atoms with van der Waals surface area (Å²) in [5.74, 6) is 0.624. The largest absolute Gasteiger partial charge is 0.467 e. The Morgan fingerprint density at radius 2 is 1.93 bits per heavy atom. The predicted molar refractivity (Wildman–Crippen MR) is 154 cm³/mol. The van der Waals surface area contributed by atoms with Crippen LogP contribution in [0.2, 0.25) is 5.02 Å². The number of nitrogens with zero attached hydrogens (tertiary/aromatic N) is 2. The Balaban J connectivity index is 1.29. The first-order valence-electron chi connectivity index (χ1n) is 14.4. The van der Waals surface area contributed by atoms with Crippen molar-refractivity contribution in [2.75, 3.05) is 6.61 Å². The van der Waals surface area contributed by atoms with Gasteiger partial charge in [-0.2, -0.15) is 23.0 Å². The Kier molecular flexibility index (Phi) is 8.16. The minimum absolute atomic E-state index is 0.0525. The van der Waals surface area contributed by atoms with Crippen molar-refractivity contribution < 1.29 is 22.7 Å². The van der Waals surface area contributed by atoms with E-state index in [1.165, 1.54) is 22.8 Å². The van der Waals surface area contributed by atoms with E-state index >= 15 is 0 Å². The zero-order valence-electron chi connectivity index (χ0n) is 23.9. The first-order valence-corrected chi connectivity index (χ1v) is 14.7. The van der Waals surface area contributed by atoms with Gasteiger partial charge in [0.05, 0.1) is 10.7 Å². The summed E-state index contributed by atoms with van der Waals surface area (Å²) in [6, 6.07) is 14.0. The molecule has 2 aliphatic rings. The molecule has 1 N–H and O–H groups in total. The fraction of sp³-hybridized carbons (Fsp3) is 0.500. The molecule has 0 spiro atoms. The number of hydrogen-bond donors (Lipinski definition) is 1. The third-order valence-electron chi connectivity index (χ3n) is 9.13. The van der Waals surface area contributed by atoms with Crippen LogP contribution in [0.5, 0.6) is 5.88 Å². The Morgan fingerprint density at radius 1 is 1.17 bits per heavy atom. The maximum atomic E-state index is 13.4. The molecule has 0 bridgehead atoms. The monoisotopic (exact) mass is 587 g/mol. The molecule has 0 radical (unpaired) electrons. The highest BCUT2D eigenvalue weighted by molar-refractivity contribution is 6.32. The number of halogens is 4. The van der Waals surface area contributed by atoms with Gasteiger partial charge in [0, 0.05) is 12.1 Å². The number of hydrogen-bond acceptors (Lipinski definition) is 3. The normalized spacial score (nSPS) is 23.0. The van der Waals surface area contributed by atoms with Crippen LogP contribution in [-0.2, 0) is 22.8 Å². The molecule has 5 rings (SSSR count). The molecule has 1 saturated carbocycles. The topological polar surface area (TPSA) is 56.1 Å². The van der Waals surface area contributed by atoms with Crippen LogP contribution in [0.15, 0.2) is 48.5 Å². The lowest BCUT2D eigenvalue weighted by Gasteiger charge is -2.52. The van der Waals surface area contributed by atoms with Gasteiger partial charge in [0.1, 0.15) is 0 Å². The molecule has 1 fully saturated rings. The van der Waals surface area contributed by atoms with E-state index in [1.807, 2.05) is 6.92 Å². The van der Waals surface area contributed by atoms with Crippen molar-refractivity contribution >= 4 is 17.5 Å². The highest BCUT2D eigenvalue weighted by Gasteiger charge is 2.47. The molecule has 220 valence electrons. The average molecular weight is 588 g/mol. The van der Waals surface area contributed by atoms with Crippen molar-refractivity contribution in [3.05, 3.63) is 75.9 Å². The van der Waals surface area contributed by atoms with E-state index < -0.39 is 18.5 Å². The zero-order valence-corrected chi connectivity index (χ0v) is 24.6. The van der Waals surface area contributed by atoms with Crippen LogP contribution in [-0.4, -0.2) is 28.3 Å². The van der Waals surface area contributed by atoms with E-state index in [9.17, 15) is 18.0 Å². The molecule has 5 nitrogen and oxygen atoms in total. The van der Waals surface area contributed by atoms with Gasteiger partial charge in [-0.15, -0.1) is 0 Å². The number of carbonyl (C=O) groups is 1. The molecule has 41 heavy (non-hydrogen) atoms. The molecule has 1 aromatic heterocycles. The zero-order chi connectivity index (χ0) is 29.5. The number of aryl methyl sites for hydroxylation is 1. The van der Waals surface area contributed by atoms with E-state index in [2.05, 4.69) is 49.4 Å². The van der Waals surface area contributed by atoms with Crippen LogP contribution >= 0.6 is 11.6 Å². The maximum absolute atomic E-state index is 13.4. The molecule has 1 unspecified atom stereocenters. The van der Waals surface area contributed by atoms with Crippen molar-refractivity contribution in [1.29, 1.82) is 0 Å². The third-order valence-corrected chi connectivity index (χ3v) is 9.45. The lowest BCUT2D eigenvalue weighted by atomic mass is 9.53. The van der Waals surface area contributed by atoms with Crippen LogP contribution in [0.4, 0.5) is 13.2 Å². The van der Waals surface area contributed by atoms with Gasteiger partial charge in [-0.1, -0.05) is 69.1 Å². The summed E-state index contributed by atoms with van der Waals surface area (Å²) in [6.45, 7) is 8.41. The quantitative estimate of drug-likeness (QED) is 0.306. The number of fused-ring (bicyclic) bond motifs is 3. The van der Waals surface area contributed by atoms with Crippen LogP contribution < -0.4 is 10.1 Å². The number of aromatic nitrogens is 2. The summed E-state index contributed by atoms with van der Waals surface area (Å²) < 4.78 is 46.9. The van der Waals surface area contributed by atoms with E-state index in [1.54, 1.807) is 18.2 Å². The maximum Gasteiger partial charge on any atom is 0.435 e. The highest BCUT2D eigenvalue weighted by Crippen LogP contribution is 2.53. The van der Waals surface area contributed by atoms with Crippen LogP contribution in [0.3, 0.4) is 0 Å². The summed E-state index contributed by atoms with van der Waals surface area (Å²) in [5.41, 5.74) is 3.43. The predicted octanol–water partition coefficient (Wildman–Crippen LogP) is 7.87. The third kappa shape index (κ3) is 5.85. The molecule has 2 aliphatic carbocycles. The molecular weight excluding hydrogens is 551 g/mol. The van der Waals surface area contributed by atoms with Gasteiger partial charge in [-0.25, -0.2) is 0 Å². The van der Waals surface area contributed by atoms with E-state index in [0.717, 1.165) is 42.9 Å². The first kappa shape index (κ1) is 29.5. The minimum Gasteiger partial charge on any atom is -0.467 e. The first-order chi connectivity index (χ1) is 19.4. The van der Waals surface area contributed by atoms with Gasteiger partial charge in [-0.05, 0) is 84.6 Å². The van der Waals surface area contributed by atoms with Crippen molar-refractivity contribution in [3.8, 4) is 11.6 Å². The van der Waals surface area contributed by atoms with Crippen molar-refractivity contribution in [2.24, 2.45) is 11.8 Å². The number of benzene rings is 2. The standard InChI is InChI=1S/C32H37ClF3N3O2/c1-19(2)21-11-13-24-22(16-21)12-14-25-23(8-7-15-31(24,25)4)20(3)37-29(40)18-41-30-17-28(32(34,35)36)38-39(30)27-10-6-5-9-26(27)33/h5-6,9-11,13,16-17,19-20,23,25H,7-8,12,14-15,18H2,1-4H3,(H,37,40)/t20?,23-,25+,31+/m0/s1. The highest BCUT2D eigenvalue weighted by atomic mass is 35.5. The number of carbonyl (C=O) groups excluding carboxylic acids is 1. The second kappa shape index (κ2) is 11.3. The van der Waals surface area contributed by atoms with Gasteiger partial charge in [0.15, 0.2) is 12.3 Å². The molecule has 4 atom stereocenters. The summed E-state index contributed by atoms with van der Waals surface area (Å²) in [5, 5.41) is 6.96. The summed E-state index contributed by atoms with van der Waals surface area (Å²) >= 11 is 6.22. The Hall–Kier alpha value is -3.00. The van der Waals surface area contributed by atoms with Gasteiger partial charge in [0.25, 0.3) is 5.91 Å². The SMILES string of the molecule is CC(C)c1ccc2c(c1)CC[C@@H]1[C@H](C(C)NC(=O)COc3cc(C(F)(F)F)nn3-c3ccccc3Cl)CCC[C@]21C. The molecule has 0 saturated heterocycles. The molecule has 0 aliphatic heterocycles. The number of alkyl halides is 3. The molecule has 1 heterocycles. The molecule has 9 heteroatoms. The number of rotatable bonds is 7. The number of amides is 1. The van der Waals surface area contributed by atoms with Crippen LogP contribution in [0.25, 0.3) is 5.69 Å². The molecule has 2 aromatic carbocycles. The fourth-order valence-electron chi connectivity index (χ4n) is 7.02. The lowest BCUT2D eigenvalue weighted by Crippen LogP contribution is -2.51.